The van der Waals surface area contributed by atoms with E-state index in [1.54, 1.807) is 16.1 Å². The van der Waals surface area contributed by atoms with Gasteiger partial charge in [-0.15, -0.1) is 0 Å². The molecule has 0 radical (unpaired) electrons. The topological polar surface area (TPSA) is 88.3 Å². The van der Waals surface area contributed by atoms with Crippen LogP contribution in [-0.4, -0.2) is 59.7 Å². The third kappa shape index (κ3) is 3.54. The minimum Gasteiger partial charge on any atom is -0.490 e. The number of carbonyl (C=O) groups excluding carboxylic acids is 2. The predicted octanol–water partition coefficient (Wildman–Crippen LogP) is 0.537. The molecule has 1 atom stereocenters. The summed E-state index contributed by atoms with van der Waals surface area (Å²) >= 11 is 0. The number of amides is 2. The van der Waals surface area contributed by atoms with Crippen LogP contribution in [-0.2, 0) is 25.7 Å². The first kappa shape index (κ1) is 17.6. The van der Waals surface area contributed by atoms with Gasteiger partial charge < -0.3 is 20.1 Å². The van der Waals surface area contributed by atoms with Gasteiger partial charge in [0.1, 0.15) is 12.4 Å². The van der Waals surface area contributed by atoms with Gasteiger partial charge in [0.2, 0.25) is 5.91 Å². The number of primary amides is 1. The fourth-order valence-electron chi connectivity index (χ4n) is 3.37. The Balaban J connectivity index is 1.67. The van der Waals surface area contributed by atoms with Gasteiger partial charge in [-0.05, 0) is 5.56 Å². The summed E-state index contributed by atoms with van der Waals surface area (Å²) in [5.74, 6) is -0.177. The van der Waals surface area contributed by atoms with Gasteiger partial charge in [0.15, 0.2) is 5.70 Å². The number of hydrogen-bond donors (Lipinski definition) is 1. The van der Waals surface area contributed by atoms with Gasteiger partial charge in [0.05, 0.1) is 19.9 Å². The zero-order valence-corrected chi connectivity index (χ0v) is 15.0. The van der Waals surface area contributed by atoms with Crippen LogP contribution >= 0.6 is 0 Å². The maximum absolute atomic E-state index is 13.1. The van der Waals surface area contributed by atoms with Crippen molar-refractivity contribution in [3.8, 4) is 0 Å². The molecule has 4 rings (SSSR count). The van der Waals surface area contributed by atoms with Crippen LogP contribution < -0.4 is 5.73 Å². The van der Waals surface area contributed by atoms with E-state index >= 15 is 0 Å². The van der Waals surface area contributed by atoms with E-state index in [2.05, 4.69) is 0 Å². The van der Waals surface area contributed by atoms with Crippen molar-refractivity contribution in [1.29, 1.82) is 0 Å². The molecule has 1 unspecified atom stereocenters. The quantitative estimate of drug-likeness (QED) is 0.832. The normalized spacial score (nSPS) is 22.6. The molecule has 8 nitrogen and oxygen atoms in total. The van der Waals surface area contributed by atoms with Crippen LogP contribution in [0.5, 0.6) is 0 Å². The number of benzene rings is 1. The summed E-state index contributed by atoms with van der Waals surface area (Å²) in [5, 5.41) is 3.67. The van der Waals surface area contributed by atoms with Crippen LogP contribution in [0.2, 0.25) is 0 Å². The summed E-state index contributed by atoms with van der Waals surface area (Å²) < 4.78 is 11.5. The Morgan fingerprint density at radius 1 is 1.19 bits per heavy atom. The average molecular weight is 370 g/mol. The first-order valence-corrected chi connectivity index (χ1v) is 8.95. The van der Waals surface area contributed by atoms with Crippen molar-refractivity contribution >= 4 is 11.8 Å². The first-order chi connectivity index (χ1) is 13.1. The molecule has 8 heteroatoms. The number of rotatable bonds is 4. The van der Waals surface area contributed by atoms with Crippen molar-refractivity contribution in [2.75, 3.05) is 33.0 Å². The standard InChI is InChI=1S/C19H22N4O4/c20-18(24)15-10-16(27-12-14-4-2-1-3-5-14)17-19(25)21-6-8-26-9-7-22(13-21)23(17)11-15/h1-5,11H,6-10,12-13H2,(H2,20,24). The number of nitrogens with zero attached hydrogens (tertiary/aromatic N) is 3. The van der Waals surface area contributed by atoms with Crippen molar-refractivity contribution in [2.24, 2.45) is 5.73 Å². The molecule has 0 spiro atoms. The molecule has 2 saturated heterocycles. The van der Waals surface area contributed by atoms with Gasteiger partial charge in [-0.3, -0.25) is 14.6 Å². The second kappa shape index (κ2) is 7.42. The largest absolute Gasteiger partial charge is 0.490 e. The van der Waals surface area contributed by atoms with E-state index in [0.29, 0.717) is 56.6 Å². The number of ether oxygens (including phenoxy) is 2. The molecule has 3 aliphatic heterocycles. The maximum Gasteiger partial charge on any atom is 0.276 e. The molecule has 2 N–H and O–H groups in total. The van der Waals surface area contributed by atoms with Gasteiger partial charge in [-0.2, -0.15) is 5.01 Å². The lowest BCUT2D eigenvalue weighted by Crippen LogP contribution is -2.59. The number of allylic oxidation sites excluding steroid dienone is 1. The number of hydrazine groups is 1. The zero-order chi connectivity index (χ0) is 18.8. The second-order valence-corrected chi connectivity index (χ2v) is 6.64. The molecular formula is C19H22N4O4. The van der Waals surface area contributed by atoms with Gasteiger partial charge in [-0.1, -0.05) is 30.3 Å². The Bertz CT molecular complexity index is 805. The van der Waals surface area contributed by atoms with E-state index < -0.39 is 5.91 Å². The highest BCUT2D eigenvalue weighted by Gasteiger charge is 2.40. The molecule has 0 aromatic heterocycles. The lowest BCUT2D eigenvalue weighted by molar-refractivity contribution is -0.153. The lowest BCUT2D eigenvalue weighted by atomic mass is 10.1. The molecule has 3 heterocycles. The first-order valence-electron chi connectivity index (χ1n) is 8.95. The number of carbonyl (C=O) groups is 2. The summed E-state index contributed by atoms with van der Waals surface area (Å²) in [7, 11) is 0. The second-order valence-electron chi connectivity index (χ2n) is 6.64. The highest BCUT2D eigenvalue weighted by Crippen LogP contribution is 2.32. The van der Waals surface area contributed by atoms with Gasteiger partial charge in [-0.25, -0.2) is 0 Å². The molecule has 142 valence electrons. The van der Waals surface area contributed by atoms with E-state index in [9.17, 15) is 9.59 Å². The summed E-state index contributed by atoms with van der Waals surface area (Å²) in [4.78, 5) is 26.6. The highest BCUT2D eigenvalue weighted by atomic mass is 16.5. The predicted molar refractivity (Wildman–Crippen MR) is 96.1 cm³/mol. The minimum atomic E-state index is -0.520. The Morgan fingerprint density at radius 3 is 2.74 bits per heavy atom. The van der Waals surface area contributed by atoms with E-state index in [1.807, 2.05) is 35.3 Å². The Hall–Kier alpha value is -2.84. The van der Waals surface area contributed by atoms with Gasteiger partial charge in [0.25, 0.3) is 5.91 Å². The summed E-state index contributed by atoms with van der Waals surface area (Å²) in [6.07, 6.45) is 1.85. The number of hydrogen-bond acceptors (Lipinski definition) is 6. The van der Waals surface area contributed by atoms with Crippen molar-refractivity contribution in [2.45, 2.75) is 13.0 Å². The zero-order valence-electron chi connectivity index (χ0n) is 15.0. The maximum atomic E-state index is 13.1. The van der Waals surface area contributed by atoms with Crippen LogP contribution in [0.4, 0.5) is 0 Å². The summed E-state index contributed by atoms with van der Waals surface area (Å²) in [5.41, 5.74) is 7.37. The van der Waals surface area contributed by atoms with Crippen LogP contribution in [0.15, 0.2) is 53.6 Å². The molecule has 1 aromatic carbocycles. The average Bonchev–Trinajstić information content (AvgIpc) is 2.66. The van der Waals surface area contributed by atoms with Crippen molar-refractivity contribution in [3.63, 3.8) is 0 Å². The molecule has 1 aromatic rings. The summed E-state index contributed by atoms with van der Waals surface area (Å²) in [6.45, 7) is 2.93. The van der Waals surface area contributed by atoms with Crippen LogP contribution in [0.25, 0.3) is 0 Å². The monoisotopic (exact) mass is 370 g/mol. The number of nitrogens with two attached hydrogens (primary N) is 1. The van der Waals surface area contributed by atoms with Crippen LogP contribution in [0.1, 0.15) is 12.0 Å². The minimum absolute atomic E-state index is 0.125. The third-order valence-corrected chi connectivity index (χ3v) is 4.82. The van der Waals surface area contributed by atoms with E-state index in [-0.39, 0.29) is 12.3 Å². The lowest BCUT2D eigenvalue weighted by Gasteiger charge is -2.46. The molecule has 0 saturated carbocycles. The molecule has 3 aliphatic rings. The van der Waals surface area contributed by atoms with Crippen molar-refractivity contribution in [3.05, 3.63) is 59.1 Å². The van der Waals surface area contributed by atoms with Crippen molar-refractivity contribution < 1.29 is 19.1 Å². The number of fused-ring (bicyclic) bond motifs is 4. The molecule has 27 heavy (non-hydrogen) atoms. The smallest absolute Gasteiger partial charge is 0.276 e. The third-order valence-electron chi connectivity index (χ3n) is 4.82. The van der Waals surface area contributed by atoms with Crippen LogP contribution in [0, 0.1) is 0 Å². The van der Waals surface area contributed by atoms with Gasteiger partial charge >= 0.3 is 0 Å². The molecule has 2 bridgehead atoms. The van der Waals surface area contributed by atoms with E-state index in [4.69, 9.17) is 15.2 Å². The Kier molecular flexibility index (Phi) is 4.83. The molecule has 0 aliphatic carbocycles. The Morgan fingerprint density at radius 2 is 1.96 bits per heavy atom. The molecule has 2 fully saturated rings. The SMILES string of the molecule is NC(=O)C1=CN2C(=C(OCc3ccccc3)C1)C(=O)N1CCOCCN2C1. The fraction of sp³-hybridized carbons (Fsp3) is 0.368. The molecular weight excluding hydrogens is 348 g/mol. The van der Waals surface area contributed by atoms with Gasteiger partial charge in [0, 0.05) is 31.3 Å². The molecule has 2 amide bonds. The van der Waals surface area contributed by atoms with E-state index in [1.165, 1.54) is 0 Å². The fourth-order valence-corrected chi connectivity index (χ4v) is 3.37. The van der Waals surface area contributed by atoms with E-state index in [0.717, 1.165) is 5.56 Å². The Labute approximate surface area is 157 Å². The summed E-state index contributed by atoms with van der Waals surface area (Å²) in [6, 6.07) is 9.70. The highest BCUT2D eigenvalue weighted by molar-refractivity contribution is 5.97. The van der Waals surface area contributed by atoms with Crippen molar-refractivity contribution in [1.82, 2.24) is 14.9 Å². The van der Waals surface area contributed by atoms with Crippen LogP contribution in [0.3, 0.4) is 0 Å².